The number of fused-ring (bicyclic) bond motifs is 2. The van der Waals surface area contributed by atoms with Crippen LogP contribution in [-0.2, 0) is 0 Å². The maximum Gasteiger partial charge on any atom is 0.264 e. The molecule has 3 heterocycles. The Morgan fingerprint density at radius 3 is 2.94 bits per heavy atom. The van der Waals surface area contributed by atoms with E-state index in [1.807, 2.05) is 17.5 Å². The van der Waals surface area contributed by atoms with Gasteiger partial charge < -0.3 is 10.2 Å². The molecule has 2 atom stereocenters. The second-order valence-electron chi connectivity index (χ2n) is 4.57. The van der Waals surface area contributed by atoms with Crippen LogP contribution in [0.25, 0.3) is 0 Å². The molecule has 0 saturated carbocycles. The molecule has 1 amide bonds. The molecule has 2 unspecified atom stereocenters. The highest BCUT2D eigenvalue weighted by molar-refractivity contribution is 7.12. The van der Waals surface area contributed by atoms with Gasteiger partial charge in [-0.05, 0) is 37.3 Å². The number of hydrogen-bond donors (Lipinski definition) is 1. The van der Waals surface area contributed by atoms with Crippen LogP contribution in [0.1, 0.15) is 28.9 Å². The fraction of sp³-hybridized carbons (Fsp3) is 0.583. The third kappa shape index (κ3) is 2.34. The van der Waals surface area contributed by atoms with E-state index in [1.54, 1.807) is 11.3 Å². The average Bonchev–Trinajstić information content (AvgIpc) is 2.84. The van der Waals surface area contributed by atoms with Crippen molar-refractivity contribution >= 4 is 29.7 Å². The zero-order chi connectivity index (χ0) is 11.0. The number of thiophene rings is 1. The monoisotopic (exact) mass is 272 g/mol. The van der Waals surface area contributed by atoms with Crippen molar-refractivity contribution in [2.45, 2.75) is 31.3 Å². The lowest BCUT2D eigenvalue weighted by atomic mass is 10.1. The summed E-state index contributed by atoms with van der Waals surface area (Å²) >= 11 is 1.55. The summed E-state index contributed by atoms with van der Waals surface area (Å²) in [6, 6.07) is 4.78. The molecule has 0 aliphatic carbocycles. The summed E-state index contributed by atoms with van der Waals surface area (Å²) in [5.41, 5.74) is 0. The van der Waals surface area contributed by atoms with E-state index in [9.17, 15) is 4.79 Å². The first-order valence-corrected chi connectivity index (χ1v) is 6.81. The van der Waals surface area contributed by atoms with Gasteiger partial charge in [-0.1, -0.05) is 6.07 Å². The van der Waals surface area contributed by atoms with E-state index < -0.39 is 0 Å². The number of nitrogens with one attached hydrogen (secondary N) is 1. The van der Waals surface area contributed by atoms with Gasteiger partial charge in [-0.25, -0.2) is 0 Å². The highest BCUT2D eigenvalue weighted by atomic mass is 35.5. The molecule has 0 radical (unpaired) electrons. The molecule has 2 saturated heterocycles. The molecule has 0 spiro atoms. The van der Waals surface area contributed by atoms with Crippen LogP contribution in [0, 0.1) is 0 Å². The quantitative estimate of drug-likeness (QED) is 0.850. The van der Waals surface area contributed by atoms with Gasteiger partial charge in [0, 0.05) is 18.6 Å². The van der Waals surface area contributed by atoms with Crippen molar-refractivity contribution < 1.29 is 4.79 Å². The van der Waals surface area contributed by atoms with Crippen LogP contribution in [0.2, 0.25) is 0 Å². The number of halogens is 1. The Balaban J connectivity index is 0.00000108. The fourth-order valence-electron chi connectivity index (χ4n) is 2.84. The molecular formula is C12H17ClN2OS. The standard InChI is InChI=1S/C12H16N2OS.ClH/c15-12(11-2-1-7-16-11)14-9-3-4-10(14)8-13-6-5-9;/h1-2,7,9-10,13H,3-6,8H2;1H. The van der Waals surface area contributed by atoms with Gasteiger partial charge in [0.05, 0.1) is 4.88 Å². The maximum atomic E-state index is 12.4. The van der Waals surface area contributed by atoms with Crippen molar-refractivity contribution in [1.29, 1.82) is 0 Å². The van der Waals surface area contributed by atoms with Crippen LogP contribution in [0.3, 0.4) is 0 Å². The first-order valence-electron chi connectivity index (χ1n) is 5.93. The molecule has 17 heavy (non-hydrogen) atoms. The normalized spacial score (nSPS) is 27.4. The Morgan fingerprint density at radius 1 is 1.35 bits per heavy atom. The molecule has 3 rings (SSSR count). The van der Waals surface area contributed by atoms with E-state index in [1.165, 1.54) is 6.42 Å². The summed E-state index contributed by atoms with van der Waals surface area (Å²) in [7, 11) is 0. The number of rotatable bonds is 1. The number of nitrogens with zero attached hydrogens (tertiary/aromatic N) is 1. The van der Waals surface area contributed by atoms with Crippen LogP contribution in [0.4, 0.5) is 0 Å². The van der Waals surface area contributed by atoms with E-state index in [-0.39, 0.29) is 18.3 Å². The van der Waals surface area contributed by atoms with Crippen LogP contribution >= 0.6 is 23.7 Å². The summed E-state index contributed by atoms with van der Waals surface area (Å²) in [5, 5.41) is 5.40. The molecule has 94 valence electrons. The zero-order valence-corrected chi connectivity index (χ0v) is 11.2. The van der Waals surface area contributed by atoms with E-state index in [0.717, 1.165) is 30.8 Å². The molecule has 1 aromatic heterocycles. The van der Waals surface area contributed by atoms with E-state index >= 15 is 0 Å². The van der Waals surface area contributed by atoms with Crippen molar-refractivity contribution in [3.63, 3.8) is 0 Å². The van der Waals surface area contributed by atoms with E-state index in [4.69, 9.17) is 0 Å². The number of hydrogen-bond acceptors (Lipinski definition) is 3. The van der Waals surface area contributed by atoms with Gasteiger partial charge in [0.15, 0.2) is 0 Å². The summed E-state index contributed by atoms with van der Waals surface area (Å²) in [6.45, 7) is 2.02. The Labute approximate surface area is 112 Å². The summed E-state index contributed by atoms with van der Waals surface area (Å²) in [4.78, 5) is 15.4. The SMILES string of the molecule is Cl.O=C(c1cccs1)N1C2CCNCC1CC2. The van der Waals surface area contributed by atoms with Gasteiger partial charge in [0.1, 0.15) is 0 Å². The number of amides is 1. The second-order valence-corrected chi connectivity index (χ2v) is 5.52. The lowest BCUT2D eigenvalue weighted by Crippen LogP contribution is -2.42. The Kier molecular flexibility index (Phi) is 4.07. The topological polar surface area (TPSA) is 32.3 Å². The molecular weight excluding hydrogens is 256 g/mol. The lowest BCUT2D eigenvalue weighted by Gasteiger charge is -2.27. The molecule has 3 nitrogen and oxygen atoms in total. The van der Waals surface area contributed by atoms with Gasteiger partial charge in [-0.15, -0.1) is 23.7 Å². The molecule has 1 aromatic rings. The van der Waals surface area contributed by atoms with Crippen LogP contribution < -0.4 is 5.32 Å². The van der Waals surface area contributed by atoms with Gasteiger partial charge in [0.25, 0.3) is 5.91 Å². The smallest absolute Gasteiger partial charge is 0.264 e. The highest BCUT2D eigenvalue weighted by Crippen LogP contribution is 2.30. The second kappa shape index (κ2) is 5.38. The Morgan fingerprint density at radius 2 is 2.18 bits per heavy atom. The molecule has 1 N–H and O–H groups in total. The molecule has 2 aliphatic heterocycles. The molecule has 2 bridgehead atoms. The van der Waals surface area contributed by atoms with Gasteiger partial charge in [-0.3, -0.25) is 4.79 Å². The highest BCUT2D eigenvalue weighted by Gasteiger charge is 2.38. The first-order chi connectivity index (χ1) is 7.86. The largest absolute Gasteiger partial charge is 0.331 e. The fourth-order valence-corrected chi connectivity index (χ4v) is 3.51. The summed E-state index contributed by atoms with van der Waals surface area (Å²) in [6.07, 6.45) is 3.45. The van der Waals surface area contributed by atoms with Crippen LogP contribution in [0.5, 0.6) is 0 Å². The predicted octanol–water partition coefficient (Wildman–Crippen LogP) is 2.14. The van der Waals surface area contributed by atoms with Crippen LogP contribution in [0.15, 0.2) is 17.5 Å². The molecule has 5 heteroatoms. The third-order valence-corrected chi connectivity index (χ3v) is 4.48. The van der Waals surface area contributed by atoms with E-state index in [0.29, 0.717) is 12.1 Å². The predicted molar refractivity (Wildman–Crippen MR) is 72.0 cm³/mol. The Hall–Kier alpha value is -0.580. The maximum absolute atomic E-state index is 12.4. The average molecular weight is 273 g/mol. The van der Waals surface area contributed by atoms with Crippen molar-refractivity contribution in [2.24, 2.45) is 0 Å². The summed E-state index contributed by atoms with van der Waals surface area (Å²) in [5.74, 6) is 0.242. The van der Waals surface area contributed by atoms with Crippen molar-refractivity contribution in [2.75, 3.05) is 13.1 Å². The minimum Gasteiger partial charge on any atom is -0.331 e. The molecule has 2 aliphatic rings. The Bertz CT molecular complexity index is 368. The lowest BCUT2D eigenvalue weighted by molar-refractivity contribution is 0.0685. The minimum atomic E-state index is 0. The number of carbonyl (C=O) groups is 1. The number of carbonyl (C=O) groups excluding carboxylic acids is 1. The van der Waals surface area contributed by atoms with Crippen molar-refractivity contribution in [3.05, 3.63) is 22.4 Å². The van der Waals surface area contributed by atoms with Gasteiger partial charge >= 0.3 is 0 Å². The molecule has 2 fully saturated rings. The third-order valence-electron chi connectivity index (χ3n) is 3.62. The van der Waals surface area contributed by atoms with Crippen molar-refractivity contribution in [3.8, 4) is 0 Å². The minimum absolute atomic E-state index is 0. The summed E-state index contributed by atoms with van der Waals surface area (Å²) < 4.78 is 0. The zero-order valence-electron chi connectivity index (χ0n) is 9.59. The van der Waals surface area contributed by atoms with Gasteiger partial charge in [-0.2, -0.15) is 0 Å². The van der Waals surface area contributed by atoms with Crippen LogP contribution in [-0.4, -0.2) is 36.0 Å². The van der Waals surface area contributed by atoms with Crippen molar-refractivity contribution in [1.82, 2.24) is 10.2 Å². The first kappa shape index (κ1) is 12.9. The van der Waals surface area contributed by atoms with E-state index in [2.05, 4.69) is 10.2 Å². The van der Waals surface area contributed by atoms with Gasteiger partial charge in [0.2, 0.25) is 0 Å². The molecule has 0 aromatic carbocycles.